The third kappa shape index (κ3) is 2.81. The quantitative estimate of drug-likeness (QED) is 0.913. The highest BCUT2D eigenvalue weighted by Crippen LogP contribution is 2.24. The van der Waals surface area contributed by atoms with E-state index in [-0.39, 0.29) is 11.5 Å². The van der Waals surface area contributed by atoms with Gasteiger partial charge in [-0.3, -0.25) is 0 Å². The van der Waals surface area contributed by atoms with Crippen molar-refractivity contribution >= 4 is 5.97 Å². The smallest absolute Gasteiger partial charge is 0.335 e. The molecule has 0 aliphatic carbocycles. The Bertz CT molecular complexity index is 573. The molecule has 100 valence electrons. The second-order valence-corrected chi connectivity index (χ2v) is 4.87. The summed E-state index contributed by atoms with van der Waals surface area (Å²) < 4.78 is 5.24. The van der Waals surface area contributed by atoms with Crippen LogP contribution in [0.2, 0.25) is 0 Å². The maximum atomic E-state index is 10.8. The van der Waals surface area contributed by atoms with Crippen LogP contribution in [0.3, 0.4) is 0 Å². The molecular weight excluding hydrogens is 244 g/mol. The summed E-state index contributed by atoms with van der Waals surface area (Å²) in [7, 11) is 0. The van der Waals surface area contributed by atoms with Gasteiger partial charge < -0.3 is 9.63 Å². The molecule has 1 unspecified atom stereocenters. The van der Waals surface area contributed by atoms with Gasteiger partial charge in [0.05, 0.1) is 5.56 Å². The first-order valence-electron chi connectivity index (χ1n) is 6.16. The molecule has 1 atom stereocenters. The molecule has 1 aromatic carbocycles. The maximum Gasteiger partial charge on any atom is 0.335 e. The summed E-state index contributed by atoms with van der Waals surface area (Å²) in [4.78, 5) is 15.1. The molecule has 0 spiro atoms. The van der Waals surface area contributed by atoms with Crippen LogP contribution in [0.25, 0.3) is 11.4 Å². The Balaban J connectivity index is 2.25. The Morgan fingerprint density at radius 1 is 1.21 bits per heavy atom. The highest BCUT2D eigenvalue weighted by atomic mass is 16.5. The van der Waals surface area contributed by atoms with Crippen LogP contribution in [0.1, 0.15) is 42.9 Å². The van der Waals surface area contributed by atoms with Crippen LogP contribution in [-0.2, 0) is 0 Å². The standard InChI is InChI=1S/C14H16N2O3/c1-8(2)9(3)13-15-12(16-19-13)10-4-6-11(7-5-10)14(17)18/h4-9H,1-3H3,(H,17,18). The van der Waals surface area contributed by atoms with Gasteiger partial charge in [0.1, 0.15) is 0 Å². The van der Waals surface area contributed by atoms with Gasteiger partial charge in [-0.1, -0.05) is 38.1 Å². The Hall–Kier alpha value is -2.17. The van der Waals surface area contributed by atoms with Gasteiger partial charge in [0.15, 0.2) is 0 Å². The summed E-state index contributed by atoms with van der Waals surface area (Å²) in [6.07, 6.45) is 0. The fraction of sp³-hybridized carbons (Fsp3) is 0.357. The first kappa shape index (κ1) is 13.3. The molecule has 0 bridgehead atoms. The largest absolute Gasteiger partial charge is 0.478 e. The summed E-state index contributed by atoms with van der Waals surface area (Å²) in [6, 6.07) is 6.41. The molecule has 5 nitrogen and oxygen atoms in total. The molecule has 0 aliphatic heterocycles. The monoisotopic (exact) mass is 260 g/mol. The topological polar surface area (TPSA) is 76.2 Å². The molecule has 0 saturated carbocycles. The molecular formula is C14H16N2O3. The van der Waals surface area contributed by atoms with Gasteiger partial charge in [-0.05, 0) is 18.1 Å². The van der Waals surface area contributed by atoms with Crippen LogP contribution in [0.5, 0.6) is 0 Å². The number of aromatic nitrogens is 2. The molecule has 0 aliphatic rings. The zero-order chi connectivity index (χ0) is 14.0. The van der Waals surface area contributed by atoms with E-state index < -0.39 is 5.97 Å². The number of carbonyl (C=O) groups is 1. The van der Waals surface area contributed by atoms with Gasteiger partial charge in [0.25, 0.3) is 0 Å². The SMILES string of the molecule is CC(C)C(C)c1nc(-c2ccc(C(=O)O)cc2)no1. The summed E-state index contributed by atoms with van der Waals surface area (Å²) in [5.41, 5.74) is 0.985. The predicted octanol–water partition coefficient (Wildman–Crippen LogP) is 3.19. The average molecular weight is 260 g/mol. The first-order chi connectivity index (χ1) is 8.99. The lowest BCUT2D eigenvalue weighted by atomic mass is 9.98. The van der Waals surface area contributed by atoms with E-state index in [1.165, 1.54) is 12.1 Å². The number of rotatable bonds is 4. The number of carboxylic acids is 1. The summed E-state index contributed by atoms with van der Waals surface area (Å²) in [6.45, 7) is 6.22. The van der Waals surface area contributed by atoms with Crippen molar-refractivity contribution in [3.63, 3.8) is 0 Å². The van der Waals surface area contributed by atoms with Gasteiger partial charge >= 0.3 is 5.97 Å². The molecule has 2 rings (SSSR count). The first-order valence-corrected chi connectivity index (χ1v) is 6.16. The van der Waals surface area contributed by atoms with Gasteiger partial charge in [-0.15, -0.1) is 0 Å². The Morgan fingerprint density at radius 2 is 1.84 bits per heavy atom. The maximum absolute atomic E-state index is 10.8. The lowest BCUT2D eigenvalue weighted by Crippen LogP contribution is -2.02. The normalized spacial score (nSPS) is 12.6. The zero-order valence-corrected chi connectivity index (χ0v) is 11.1. The van der Waals surface area contributed by atoms with Crippen molar-refractivity contribution in [2.24, 2.45) is 5.92 Å². The summed E-state index contributed by atoms with van der Waals surface area (Å²) >= 11 is 0. The highest BCUT2D eigenvalue weighted by Gasteiger charge is 2.18. The van der Waals surface area contributed by atoms with E-state index in [4.69, 9.17) is 9.63 Å². The van der Waals surface area contributed by atoms with Crippen LogP contribution in [-0.4, -0.2) is 21.2 Å². The molecule has 2 aromatic rings. The van der Waals surface area contributed by atoms with Crippen LogP contribution < -0.4 is 0 Å². The van der Waals surface area contributed by atoms with Gasteiger partial charge in [-0.25, -0.2) is 4.79 Å². The van der Waals surface area contributed by atoms with E-state index in [1.807, 2.05) is 6.92 Å². The molecule has 1 heterocycles. The molecule has 0 saturated heterocycles. The Labute approximate surface area is 111 Å². The van der Waals surface area contributed by atoms with E-state index in [2.05, 4.69) is 24.0 Å². The second-order valence-electron chi connectivity index (χ2n) is 4.87. The van der Waals surface area contributed by atoms with E-state index in [0.717, 1.165) is 5.56 Å². The lowest BCUT2D eigenvalue weighted by molar-refractivity contribution is 0.0697. The fourth-order valence-electron chi connectivity index (χ4n) is 1.58. The Morgan fingerprint density at radius 3 is 2.37 bits per heavy atom. The number of nitrogens with zero attached hydrogens (tertiary/aromatic N) is 2. The van der Waals surface area contributed by atoms with E-state index in [0.29, 0.717) is 17.6 Å². The van der Waals surface area contributed by atoms with Crippen molar-refractivity contribution in [1.29, 1.82) is 0 Å². The molecule has 19 heavy (non-hydrogen) atoms. The minimum absolute atomic E-state index is 0.194. The minimum Gasteiger partial charge on any atom is -0.478 e. The molecule has 5 heteroatoms. The van der Waals surface area contributed by atoms with Crippen molar-refractivity contribution in [3.8, 4) is 11.4 Å². The third-order valence-corrected chi connectivity index (χ3v) is 3.22. The van der Waals surface area contributed by atoms with Crippen molar-refractivity contribution in [1.82, 2.24) is 10.1 Å². The van der Waals surface area contributed by atoms with E-state index in [9.17, 15) is 4.79 Å². The van der Waals surface area contributed by atoms with Crippen molar-refractivity contribution in [3.05, 3.63) is 35.7 Å². The van der Waals surface area contributed by atoms with E-state index >= 15 is 0 Å². The highest BCUT2D eigenvalue weighted by molar-refractivity contribution is 5.88. The second kappa shape index (κ2) is 5.22. The van der Waals surface area contributed by atoms with Crippen LogP contribution in [0, 0.1) is 5.92 Å². The van der Waals surface area contributed by atoms with Crippen molar-refractivity contribution in [2.45, 2.75) is 26.7 Å². The molecule has 1 N–H and O–H groups in total. The zero-order valence-electron chi connectivity index (χ0n) is 11.1. The minimum atomic E-state index is -0.950. The van der Waals surface area contributed by atoms with Gasteiger partial charge in [0, 0.05) is 11.5 Å². The molecule has 0 fully saturated rings. The van der Waals surface area contributed by atoms with Crippen molar-refractivity contribution < 1.29 is 14.4 Å². The number of aromatic carboxylic acids is 1. The van der Waals surface area contributed by atoms with Crippen LogP contribution in [0.15, 0.2) is 28.8 Å². The third-order valence-electron chi connectivity index (χ3n) is 3.22. The fourth-order valence-corrected chi connectivity index (χ4v) is 1.58. The lowest BCUT2D eigenvalue weighted by Gasteiger charge is -2.08. The van der Waals surface area contributed by atoms with Crippen molar-refractivity contribution in [2.75, 3.05) is 0 Å². The number of hydrogen-bond donors (Lipinski definition) is 1. The van der Waals surface area contributed by atoms with Gasteiger partial charge in [-0.2, -0.15) is 4.98 Å². The van der Waals surface area contributed by atoms with E-state index in [1.54, 1.807) is 12.1 Å². The van der Waals surface area contributed by atoms with Crippen LogP contribution >= 0.6 is 0 Å². The van der Waals surface area contributed by atoms with Gasteiger partial charge in [0.2, 0.25) is 11.7 Å². The predicted molar refractivity (Wildman–Crippen MR) is 69.9 cm³/mol. The molecule has 0 radical (unpaired) electrons. The summed E-state index contributed by atoms with van der Waals surface area (Å²) in [5, 5.41) is 12.8. The average Bonchev–Trinajstić information content (AvgIpc) is 2.87. The molecule has 1 aromatic heterocycles. The summed E-state index contributed by atoms with van der Waals surface area (Å²) in [5.74, 6) is 0.753. The Kier molecular flexibility index (Phi) is 3.64. The molecule has 0 amide bonds. The number of hydrogen-bond acceptors (Lipinski definition) is 4. The number of benzene rings is 1. The number of carboxylic acid groups (broad SMARTS) is 1. The van der Waals surface area contributed by atoms with Crippen LogP contribution in [0.4, 0.5) is 0 Å².